The molecule has 1 unspecified atom stereocenters. The van der Waals surface area contributed by atoms with Gasteiger partial charge in [0.15, 0.2) is 0 Å². The highest BCUT2D eigenvalue weighted by Crippen LogP contribution is 2.11. The fourth-order valence-corrected chi connectivity index (χ4v) is 1.73. The summed E-state index contributed by atoms with van der Waals surface area (Å²) in [5.74, 6) is 0.876. The van der Waals surface area contributed by atoms with Gasteiger partial charge in [-0.25, -0.2) is 0 Å². The minimum Gasteiger partial charge on any atom is -0.299 e. The van der Waals surface area contributed by atoms with Crippen LogP contribution in [0.15, 0.2) is 24.3 Å². The molecule has 0 aliphatic carbocycles. The van der Waals surface area contributed by atoms with Crippen molar-refractivity contribution in [1.29, 1.82) is 0 Å². The van der Waals surface area contributed by atoms with Gasteiger partial charge in [-0.3, -0.25) is 4.79 Å². The molecular weight excluding hydrogens is 196 g/mol. The maximum atomic E-state index is 11.7. The lowest BCUT2D eigenvalue weighted by molar-refractivity contribution is -0.119. The van der Waals surface area contributed by atoms with Gasteiger partial charge < -0.3 is 0 Å². The largest absolute Gasteiger partial charge is 0.299 e. The molecule has 0 radical (unpaired) electrons. The fourth-order valence-electron chi connectivity index (χ4n) is 1.73. The Hall–Kier alpha value is -1.11. The van der Waals surface area contributed by atoms with Gasteiger partial charge in [0.1, 0.15) is 5.78 Å². The second-order valence-electron chi connectivity index (χ2n) is 4.60. The molecule has 1 rings (SSSR count). The van der Waals surface area contributed by atoms with Gasteiger partial charge in [0, 0.05) is 12.8 Å². The first-order chi connectivity index (χ1) is 7.65. The van der Waals surface area contributed by atoms with Gasteiger partial charge in [-0.1, -0.05) is 51.5 Å². The lowest BCUT2D eigenvalue weighted by Crippen LogP contribution is -2.07. The van der Waals surface area contributed by atoms with Gasteiger partial charge in [0.2, 0.25) is 0 Å². The third-order valence-electron chi connectivity index (χ3n) is 3.11. The first kappa shape index (κ1) is 13.0. The van der Waals surface area contributed by atoms with Gasteiger partial charge in [-0.15, -0.1) is 0 Å². The molecular formula is C15H22O. The van der Waals surface area contributed by atoms with Crippen LogP contribution in [-0.4, -0.2) is 5.78 Å². The van der Waals surface area contributed by atoms with Crippen LogP contribution >= 0.6 is 0 Å². The van der Waals surface area contributed by atoms with Crippen LogP contribution in [0.2, 0.25) is 0 Å². The predicted molar refractivity (Wildman–Crippen MR) is 68.6 cm³/mol. The molecule has 16 heavy (non-hydrogen) atoms. The van der Waals surface area contributed by atoms with Crippen molar-refractivity contribution >= 4 is 5.78 Å². The smallest absolute Gasteiger partial charge is 0.137 e. The molecule has 0 bridgehead atoms. The molecule has 0 heterocycles. The summed E-state index contributed by atoms with van der Waals surface area (Å²) in [5, 5.41) is 0. The van der Waals surface area contributed by atoms with E-state index < -0.39 is 0 Å². The summed E-state index contributed by atoms with van der Waals surface area (Å²) in [6.07, 6.45) is 3.45. The molecule has 0 spiro atoms. The highest BCUT2D eigenvalue weighted by Gasteiger charge is 2.08. The molecule has 88 valence electrons. The SMILES string of the molecule is CCc1ccc(CC(=O)CC(C)CC)cc1. The van der Waals surface area contributed by atoms with Crippen LogP contribution in [0.3, 0.4) is 0 Å². The molecule has 0 saturated carbocycles. The normalized spacial score (nSPS) is 12.4. The maximum Gasteiger partial charge on any atom is 0.137 e. The molecule has 1 heteroatoms. The molecule has 0 aliphatic rings. The molecule has 1 aromatic rings. The third-order valence-corrected chi connectivity index (χ3v) is 3.11. The van der Waals surface area contributed by atoms with E-state index in [4.69, 9.17) is 0 Å². The van der Waals surface area contributed by atoms with Crippen molar-refractivity contribution in [3.05, 3.63) is 35.4 Å². The highest BCUT2D eigenvalue weighted by atomic mass is 16.1. The van der Waals surface area contributed by atoms with Gasteiger partial charge >= 0.3 is 0 Å². The summed E-state index contributed by atoms with van der Waals surface area (Å²) < 4.78 is 0. The molecule has 0 saturated heterocycles. The lowest BCUT2D eigenvalue weighted by Gasteiger charge is -2.07. The van der Waals surface area contributed by atoms with Crippen molar-refractivity contribution in [3.63, 3.8) is 0 Å². The molecule has 0 N–H and O–H groups in total. The number of hydrogen-bond donors (Lipinski definition) is 0. The minimum absolute atomic E-state index is 0.360. The van der Waals surface area contributed by atoms with Crippen LogP contribution < -0.4 is 0 Å². The van der Waals surface area contributed by atoms with Gasteiger partial charge in [-0.05, 0) is 23.5 Å². The summed E-state index contributed by atoms with van der Waals surface area (Å²) in [5.41, 5.74) is 2.48. The van der Waals surface area contributed by atoms with Crippen LogP contribution in [0.5, 0.6) is 0 Å². The Labute approximate surface area is 98.9 Å². The van der Waals surface area contributed by atoms with E-state index in [0.717, 1.165) is 18.4 Å². The summed E-state index contributed by atoms with van der Waals surface area (Å²) in [7, 11) is 0. The minimum atomic E-state index is 0.360. The van der Waals surface area contributed by atoms with Crippen LogP contribution in [0.1, 0.15) is 44.7 Å². The Bertz CT molecular complexity index is 324. The van der Waals surface area contributed by atoms with Crippen molar-refractivity contribution in [2.24, 2.45) is 5.92 Å². The van der Waals surface area contributed by atoms with Crippen LogP contribution in [0.4, 0.5) is 0 Å². The molecule has 1 nitrogen and oxygen atoms in total. The summed E-state index contributed by atoms with van der Waals surface area (Å²) in [4.78, 5) is 11.7. The van der Waals surface area contributed by atoms with E-state index in [1.807, 2.05) is 0 Å². The summed E-state index contributed by atoms with van der Waals surface area (Å²) >= 11 is 0. The average Bonchev–Trinajstić information content (AvgIpc) is 2.29. The van der Waals surface area contributed by atoms with Crippen molar-refractivity contribution in [3.8, 4) is 0 Å². The van der Waals surface area contributed by atoms with E-state index in [-0.39, 0.29) is 0 Å². The van der Waals surface area contributed by atoms with Gasteiger partial charge in [0.05, 0.1) is 0 Å². The van der Waals surface area contributed by atoms with Crippen molar-refractivity contribution < 1.29 is 4.79 Å². The van der Waals surface area contributed by atoms with E-state index in [1.165, 1.54) is 5.56 Å². The van der Waals surface area contributed by atoms with Crippen LogP contribution in [0.25, 0.3) is 0 Å². The zero-order chi connectivity index (χ0) is 12.0. The highest BCUT2D eigenvalue weighted by molar-refractivity contribution is 5.81. The Kier molecular flexibility index (Phi) is 5.24. The summed E-state index contributed by atoms with van der Waals surface area (Å²) in [6, 6.07) is 8.39. The van der Waals surface area contributed by atoms with Crippen molar-refractivity contribution in [1.82, 2.24) is 0 Å². The number of carbonyl (C=O) groups is 1. The van der Waals surface area contributed by atoms with E-state index in [2.05, 4.69) is 45.0 Å². The Morgan fingerprint density at radius 3 is 2.19 bits per heavy atom. The molecule has 1 aromatic carbocycles. The first-order valence-electron chi connectivity index (χ1n) is 6.25. The van der Waals surface area contributed by atoms with E-state index in [0.29, 0.717) is 24.5 Å². The monoisotopic (exact) mass is 218 g/mol. The Balaban J connectivity index is 2.49. The molecule has 0 amide bonds. The standard InChI is InChI=1S/C15H22O/c1-4-12(3)10-15(16)11-14-8-6-13(5-2)7-9-14/h6-9,12H,4-5,10-11H2,1-3H3. The van der Waals surface area contributed by atoms with E-state index in [9.17, 15) is 4.79 Å². The second-order valence-corrected chi connectivity index (χ2v) is 4.60. The maximum absolute atomic E-state index is 11.7. The first-order valence-corrected chi connectivity index (χ1v) is 6.25. The number of hydrogen-bond acceptors (Lipinski definition) is 1. The zero-order valence-corrected chi connectivity index (χ0v) is 10.6. The zero-order valence-electron chi connectivity index (χ0n) is 10.6. The van der Waals surface area contributed by atoms with E-state index in [1.54, 1.807) is 0 Å². The Morgan fingerprint density at radius 1 is 1.12 bits per heavy atom. The molecule has 0 fully saturated rings. The number of Topliss-reactive ketones (excluding diaryl/α,β-unsaturated/α-hetero) is 1. The number of benzene rings is 1. The van der Waals surface area contributed by atoms with Crippen LogP contribution in [0, 0.1) is 5.92 Å². The predicted octanol–water partition coefficient (Wildman–Crippen LogP) is 3.80. The van der Waals surface area contributed by atoms with Crippen molar-refractivity contribution in [2.45, 2.75) is 46.5 Å². The third kappa shape index (κ3) is 4.18. The number of rotatable bonds is 6. The number of carbonyl (C=O) groups excluding carboxylic acids is 1. The molecule has 1 atom stereocenters. The number of ketones is 1. The number of aryl methyl sites for hydroxylation is 1. The topological polar surface area (TPSA) is 17.1 Å². The fraction of sp³-hybridized carbons (Fsp3) is 0.533. The lowest BCUT2D eigenvalue weighted by atomic mass is 9.97. The van der Waals surface area contributed by atoms with Crippen molar-refractivity contribution in [2.75, 3.05) is 0 Å². The molecule has 0 aliphatic heterocycles. The Morgan fingerprint density at radius 2 is 1.69 bits per heavy atom. The average molecular weight is 218 g/mol. The summed E-state index contributed by atoms with van der Waals surface area (Å²) in [6.45, 7) is 6.41. The van der Waals surface area contributed by atoms with Gasteiger partial charge in [0.25, 0.3) is 0 Å². The second kappa shape index (κ2) is 6.47. The van der Waals surface area contributed by atoms with E-state index >= 15 is 0 Å². The quantitative estimate of drug-likeness (QED) is 0.710. The molecule has 0 aromatic heterocycles. The van der Waals surface area contributed by atoms with Crippen LogP contribution in [-0.2, 0) is 17.6 Å². The van der Waals surface area contributed by atoms with Gasteiger partial charge in [-0.2, -0.15) is 0 Å².